The van der Waals surface area contributed by atoms with Crippen LogP contribution in [0.4, 0.5) is 0 Å². The standard InChI is InChI=1S/C13H12N4O/c1-2-17-12-9(7-16-17)6-15-11-4-3-8(13(14)18)5-10(11)12/h3-7H,2H2,1H3,(H2,14,18). The van der Waals surface area contributed by atoms with Crippen LogP contribution in [0.25, 0.3) is 21.8 Å². The van der Waals surface area contributed by atoms with E-state index in [0.29, 0.717) is 5.56 Å². The van der Waals surface area contributed by atoms with Crippen molar-refractivity contribution in [2.24, 2.45) is 5.73 Å². The third-order valence-electron chi connectivity index (χ3n) is 3.05. The van der Waals surface area contributed by atoms with E-state index >= 15 is 0 Å². The van der Waals surface area contributed by atoms with Gasteiger partial charge in [0, 0.05) is 29.1 Å². The number of pyridine rings is 1. The number of carbonyl (C=O) groups is 1. The molecule has 1 amide bonds. The van der Waals surface area contributed by atoms with Crippen LogP contribution in [-0.2, 0) is 6.54 Å². The van der Waals surface area contributed by atoms with Gasteiger partial charge in [-0.1, -0.05) is 0 Å². The van der Waals surface area contributed by atoms with E-state index in [0.717, 1.165) is 28.4 Å². The highest BCUT2D eigenvalue weighted by Crippen LogP contribution is 2.24. The van der Waals surface area contributed by atoms with Crippen LogP contribution in [0.3, 0.4) is 0 Å². The average Bonchev–Trinajstić information content (AvgIpc) is 2.81. The molecule has 90 valence electrons. The van der Waals surface area contributed by atoms with Gasteiger partial charge in [0.05, 0.1) is 17.2 Å². The number of carbonyl (C=O) groups excluding carboxylic acids is 1. The summed E-state index contributed by atoms with van der Waals surface area (Å²) in [5.41, 5.74) is 7.63. The smallest absolute Gasteiger partial charge is 0.248 e. The lowest BCUT2D eigenvalue weighted by atomic mass is 10.1. The number of aromatic nitrogens is 3. The summed E-state index contributed by atoms with van der Waals surface area (Å²) in [6, 6.07) is 5.28. The summed E-state index contributed by atoms with van der Waals surface area (Å²) in [5, 5.41) is 6.17. The van der Waals surface area contributed by atoms with Gasteiger partial charge in [0.1, 0.15) is 0 Å². The van der Waals surface area contributed by atoms with E-state index in [4.69, 9.17) is 5.73 Å². The van der Waals surface area contributed by atoms with Gasteiger partial charge in [0.2, 0.25) is 5.91 Å². The zero-order chi connectivity index (χ0) is 12.7. The van der Waals surface area contributed by atoms with Crippen LogP contribution in [0.1, 0.15) is 17.3 Å². The molecule has 0 aliphatic carbocycles. The van der Waals surface area contributed by atoms with Crippen LogP contribution in [0, 0.1) is 0 Å². The molecule has 0 radical (unpaired) electrons. The topological polar surface area (TPSA) is 73.8 Å². The highest BCUT2D eigenvalue weighted by atomic mass is 16.1. The third kappa shape index (κ3) is 1.44. The lowest BCUT2D eigenvalue weighted by Gasteiger charge is -2.04. The second-order valence-electron chi connectivity index (χ2n) is 4.12. The van der Waals surface area contributed by atoms with Gasteiger partial charge in [-0.15, -0.1) is 0 Å². The van der Waals surface area contributed by atoms with Crippen molar-refractivity contribution >= 4 is 27.7 Å². The zero-order valence-electron chi connectivity index (χ0n) is 9.92. The molecule has 0 spiro atoms. The van der Waals surface area contributed by atoms with Crippen LogP contribution in [-0.4, -0.2) is 20.7 Å². The molecule has 2 aromatic heterocycles. The molecular formula is C13H12N4O. The summed E-state index contributed by atoms with van der Waals surface area (Å²) in [6.07, 6.45) is 3.57. The van der Waals surface area contributed by atoms with Gasteiger partial charge in [0.25, 0.3) is 0 Å². The minimum absolute atomic E-state index is 0.434. The van der Waals surface area contributed by atoms with E-state index in [1.54, 1.807) is 24.5 Å². The van der Waals surface area contributed by atoms with Crippen molar-refractivity contribution in [1.29, 1.82) is 0 Å². The number of hydrogen-bond acceptors (Lipinski definition) is 3. The predicted octanol–water partition coefficient (Wildman–Crippen LogP) is 1.70. The number of hydrogen-bond donors (Lipinski definition) is 1. The van der Waals surface area contributed by atoms with Crippen molar-refractivity contribution in [3.63, 3.8) is 0 Å². The third-order valence-corrected chi connectivity index (χ3v) is 3.05. The molecule has 0 unspecified atom stereocenters. The molecule has 5 heteroatoms. The monoisotopic (exact) mass is 240 g/mol. The highest BCUT2D eigenvalue weighted by molar-refractivity contribution is 6.06. The second kappa shape index (κ2) is 3.80. The lowest BCUT2D eigenvalue weighted by molar-refractivity contribution is 0.100. The fourth-order valence-corrected chi connectivity index (χ4v) is 2.16. The molecule has 0 bridgehead atoms. The predicted molar refractivity (Wildman–Crippen MR) is 69.2 cm³/mol. The summed E-state index contributed by atoms with van der Waals surface area (Å²) < 4.78 is 1.89. The average molecular weight is 240 g/mol. The van der Waals surface area contributed by atoms with Crippen LogP contribution < -0.4 is 5.73 Å². The first-order valence-corrected chi connectivity index (χ1v) is 5.75. The number of primary amides is 1. The molecule has 0 saturated carbocycles. The van der Waals surface area contributed by atoms with Gasteiger partial charge >= 0.3 is 0 Å². The molecule has 2 N–H and O–H groups in total. The van der Waals surface area contributed by atoms with Crippen molar-refractivity contribution in [3.05, 3.63) is 36.2 Å². The fourth-order valence-electron chi connectivity index (χ4n) is 2.16. The number of benzene rings is 1. The number of nitrogens with zero attached hydrogens (tertiary/aromatic N) is 3. The van der Waals surface area contributed by atoms with Crippen LogP contribution in [0.2, 0.25) is 0 Å². The number of nitrogens with two attached hydrogens (primary N) is 1. The quantitative estimate of drug-likeness (QED) is 0.740. The van der Waals surface area contributed by atoms with Gasteiger partial charge in [-0.25, -0.2) is 0 Å². The summed E-state index contributed by atoms with van der Waals surface area (Å²) >= 11 is 0. The molecule has 3 rings (SSSR count). The molecule has 5 nitrogen and oxygen atoms in total. The Hall–Kier alpha value is -2.43. The SMILES string of the molecule is CCn1ncc2cnc3ccc(C(N)=O)cc3c21. The maximum atomic E-state index is 11.3. The Bertz CT molecular complexity index is 760. The second-order valence-corrected chi connectivity index (χ2v) is 4.12. The molecule has 0 aliphatic heterocycles. The first-order chi connectivity index (χ1) is 8.70. The van der Waals surface area contributed by atoms with E-state index in [2.05, 4.69) is 10.1 Å². The van der Waals surface area contributed by atoms with Crippen molar-refractivity contribution in [2.75, 3.05) is 0 Å². The Kier molecular flexibility index (Phi) is 2.26. The van der Waals surface area contributed by atoms with E-state index in [-0.39, 0.29) is 0 Å². The molecule has 18 heavy (non-hydrogen) atoms. The van der Waals surface area contributed by atoms with E-state index < -0.39 is 5.91 Å². The summed E-state index contributed by atoms with van der Waals surface area (Å²) in [5.74, 6) is -0.434. The van der Waals surface area contributed by atoms with Crippen molar-refractivity contribution in [3.8, 4) is 0 Å². The fraction of sp³-hybridized carbons (Fsp3) is 0.154. The summed E-state index contributed by atoms with van der Waals surface area (Å²) in [4.78, 5) is 15.6. The van der Waals surface area contributed by atoms with Gasteiger partial charge in [-0.05, 0) is 25.1 Å². The number of amides is 1. The van der Waals surface area contributed by atoms with E-state index in [1.165, 1.54) is 0 Å². The van der Waals surface area contributed by atoms with Crippen molar-refractivity contribution < 1.29 is 4.79 Å². The molecular weight excluding hydrogens is 228 g/mol. The van der Waals surface area contributed by atoms with Crippen molar-refractivity contribution in [1.82, 2.24) is 14.8 Å². The van der Waals surface area contributed by atoms with Crippen LogP contribution in [0.15, 0.2) is 30.6 Å². The molecule has 0 fully saturated rings. The normalized spacial score (nSPS) is 11.2. The number of aryl methyl sites for hydroxylation is 1. The molecule has 1 aromatic carbocycles. The van der Waals surface area contributed by atoms with Gasteiger partial charge in [0.15, 0.2) is 0 Å². The Balaban J connectivity index is 2.46. The van der Waals surface area contributed by atoms with Gasteiger partial charge in [-0.2, -0.15) is 5.10 Å². The Morgan fingerprint density at radius 3 is 2.94 bits per heavy atom. The Morgan fingerprint density at radius 1 is 1.39 bits per heavy atom. The molecule has 3 aromatic rings. The van der Waals surface area contributed by atoms with Crippen LogP contribution in [0.5, 0.6) is 0 Å². The summed E-state index contributed by atoms with van der Waals surface area (Å²) in [6.45, 7) is 2.79. The van der Waals surface area contributed by atoms with Crippen molar-refractivity contribution in [2.45, 2.75) is 13.5 Å². The largest absolute Gasteiger partial charge is 0.366 e. The van der Waals surface area contributed by atoms with E-state index in [1.807, 2.05) is 17.7 Å². The van der Waals surface area contributed by atoms with E-state index in [9.17, 15) is 4.79 Å². The Labute approximate surface area is 103 Å². The number of rotatable bonds is 2. The van der Waals surface area contributed by atoms with Gasteiger partial charge < -0.3 is 5.73 Å². The molecule has 0 aliphatic rings. The zero-order valence-corrected chi connectivity index (χ0v) is 9.92. The minimum Gasteiger partial charge on any atom is -0.366 e. The van der Waals surface area contributed by atoms with Gasteiger partial charge in [-0.3, -0.25) is 14.5 Å². The summed E-state index contributed by atoms with van der Waals surface area (Å²) in [7, 11) is 0. The number of fused-ring (bicyclic) bond motifs is 3. The minimum atomic E-state index is -0.434. The van der Waals surface area contributed by atoms with Crippen LogP contribution >= 0.6 is 0 Å². The molecule has 2 heterocycles. The Morgan fingerprint density at radius 2 is 2.22 bits per heavy atom. The lowest BCUT2D eigenvalue weighted by Crippen LogP contribution is -2.10. The molecule has 0 saturated heterocycles. The maximum Gasteiger partial charge on any atom is 0.248 e. The maximum absolute atomic E-state index is 11.3. The molecule has 0 atom stereocenters. The first-order valence-electron chi connectivity index (χ1n) is 5.75. The first kappa shape index (κ1) is 10.7. The highest BCUT2D eigenvalue weighted by Gasteiger charge is 2.09.